The molecular formula is C10H7Cl5N2O. The zero-order valence-corrected chi connectivity index (χ0v) is 12.8. The zero-order valence-electron chi connectivity index (χ0n) is 9.05. The predicted octanol–water partition coefficient (Wildman–Crippen LogP) is 5.32. The van der Waals surface area contributed by atoms with E-state index in [4.69, 9.17) is 58.0 Å². The van der Waals surface area contributed by atoms with Gasteiger partial charge in [0.1, 0.15) is 0 Å². The topological polar surface area (TPSA) is 41.8 Å². The molecule has 3 nitrogen and oxygen atoms in total. The van der Waals surface area contributed by atoms with Gasteiger partial charge in [-0.15, -0.1) is 16.7 Å². The van der Waals surface area contributed by atoms with E-state index in [1.54, 1.807) is 13.0 Å². The van der Waals surface area contributed by atoms with E-state index in [9.17, 15) is 4.79 Å². The average molecular weight is 348 g/mol. The first-order valence-corrected chi connectivity index (χ1v) is 6.68. The third kappa shape index (κ3) is 3.97. The number of Topliss-reactive ketones (excluding diaryl/α,β-unsaturated/α-hetero) is 1. The maximum atomic E-state index is 11.3. The van der Waals surface area contributed by atoms with E-state index in [0.717, 1.165) is 0 Å². The summed E-state index contributed by atoms with van der Waals surface area (Å²) >= 11 is 28.4. The zero-order chi connectivity index (χ0) is 13.9. The lowest BCUT2D eigenvalue weighted by atomic mass is 10.2. The van der Waals surface area contributed by atoms with Crippen LogP contribution in [0.3, 0.4) is 0 Å². The largest absolute Gasteiger partial charge is 0.293 e. The van der Waals surface area contributed by atoms with Gasteiger partial charge < -0.3 is 0 Å². The minimum absolute atomic E-state index is 0.360. The van der Waals surface area contributed by atoms with Crippen molar-refractivity contribution in [2.75, 3.05) is 5.88 Å². The van der Waals surface area contributed by atoms with Crippen molar-refractivity contribution in [1.29, 1.82) is 0 Å². The first-order chi connectivity index (χ1) is 8.27. The normalized spacial score (nSPS) is 12.1. The minimum Gasteiger partial charge on any atom is -0.293 e. The van der Waals surface area contributed by atoms with Gasteiger partial charge in [-0.1, -0.05) is 46.4 Å². The molecule has 0 aliphatic heterocycles. The van der Waals surface area contributed by atoms with Gasteiger partial charge in [0, 0.05) is 10.0 Å². The van der Waals surface area contributed by atoms with Gasteiger partial charge in [-0.3, -0.25) is 4.79 Å². The Morgan fingerprint density at radius 2 is 1.94 bits per heavy atom. The van der Waals surface area contributed by atoms with Crippen LogP contribution in [0.2, 0.25) is 10.0 Å². The highest BCUT2D eigenvalue weighted by Gasteiger charge is 2.32. The van der Waals surface area contributed by atoms with Crippen LogP contribution in [0.15, 0.2) is 22.4 Å². The van der Waals surface area contributed by atoms with Crippen molar-refractivity contribution in [3.63, 3.8) is 0 Å². The summed E-state index contributed by atoms with van der Waals surface area (Å²) in [5.74, 6) is -1.02. The van der Waals surface area contributed by atoms with Crippen molar-refractivity contribution < 1.29 is 4.79 Å². The van der Waals surface area contributed by atoms with Gasteiger partial charge in [0.2, 0.25) is 5.78 Å². The van der Waals surface area contributed by atoms with Crippen molar-refractivity contribution >= 4 is 69.5 Å². The maximum Gasteiger partial charge on any atom is 0.287 e. The van der Waals surface area contributed by atoms with Crippen LogP contribution in [-0.4, -0.2) is 16.1 Å². The number of hydrogen-bond acceptors (Lipinski definition) is 3. The molecule has 18 heavy (non-hydrogen) atoms. The molecule has 0 fully saturated rings. The van der Waals surface area contributed by atoms with Crippen LogP contribution in [0.4, 0.5) is 5.69 Å². The molecule has 0 saturated heterocycles. The van der Waals surface area contributed by atoms with Crippen LogP contribution in [0.25, 0.3) is 0 Å². The van der Waals surface area contributed by atoms with Crippen LogP contribution in [0.5, 0.6) is 0 Å². The van der Waals surface area contributed by atoms with E-state index < -0.39 is 10.2 Å². The van der Waals surface area contributed by atoms with Crippen LogP contribution in [0, 0.1) is 6.92 Å². The molecule has 0 amide bonds. The summed E-state index contributed by atoms with van der Waals surface area (Å²) < 4.78 is -2.01. The summed E-state index contributed by atoms with van der Waals surface area (Å²) in [6, 6.07) is 3.09. The van der Waals surface area contributed by atoms with Gasteiger partial charge >= 0.3 is 0 Å². The molecule has 0 saturated carbocycles. The number of azo groups is 1. The molecule has 0 atom stereocenters. The van der Waals surface area contributed by atoms with Crippen molar-refractivity contribution in [3.05, 3.63) is 27.7 Å². The monoisotopic (exact) mass is 346 g/mol. The van der Waals surface area contributed by atoms with Crippen LogP contribution in [-0.2, 0) is 4.79 Å². The number of carbonyl (C=O) groups excluding carboxylic acids is 1. The van der Waals surface area contributed by atoms with Gasteiger partial charge in [-0.2, -0.15) is 5.11 Å². The standard InChI is InChI=1S/C10H7Cl5N2O/c1-5-7(13)2-6(12)3-8(5)16-17-10(14,15)9(18)4-11/h2-3H,4H2,1H3. The molecule has 0 heterocycles. The lowest BCUT2D eigenvalue weighted by Crippen LogP contribution is -2.24. The summed E-state index contributed by atoms with van der Waals surface area (Å²) in [6.45, 7) is 1.72. The molecule has 0 bridgehead atoms. The molecule has 0 spiro atoms. The van der Waals surface area contributed by atoms with Crippen LogP contribution in [0.1, 0.15) is 5.56 Å². The second-order valence-electron chi connectivity index (χ2n) is 3.33. The number of ketones is 1. The molecule has 0 aliphatic carbocycles. The maximum absolute atomic E-state index is 11.3. The molecule has 0 unspecified atom stereocenters. The minimum atomic E-state index is -2.01. The second-order valence-corrected chi connectivity index (χ2v) is 5.73. The number of benzene rings is 1. The Hall–Kier alpha value is -0.0600. The molecule has 1 aromatic rings. The van der Waals surface area contributed by atoms with Crippen molar-refractivity contribution in [2.24, 2.45) is 10.2 Å². The van der Waals surface area contributed by atoms with E-state index >= 15 is 0 Å². The average Bonchev–Trinajstić information content (AvgIpc) is 2.30. The fourth-order valence-electron chi connectivity index (χ4n) is 0.989. The van der Waals surface area contributed by atoms with Crippen molar-refractivity contribution in [2.45, 2.75) is 11.4 Å². The molecule has 0 N–H and O–H groups in total. The molecule has 0 radical (unpaired) electrons. The number of alkyl halides is 3. The number of halogens is 5. The van der Waals surface area contributed by atoms with Crippen LogP contribution >= 0.6 is 58.0 Å². The molecule has 8 heteroatoms. The number of hydrogen-bond donors (Lipinski definition) is 0. The highest BCUT2D eigenvalue weighted by molar-refractivity contribution is 6.60. The number of nitrogens with zero attached hydrogens (tertiary/aromatic N) is 2. The quantitative estimate of drug-likeness (QED) is 0.412. The third-order valence-corrected chi connectivity index (χ3v) is 3.45. The smallest absolute Gasteiger partial charge is 0.287 e. The second kappa shape index (κ2) is 6.40. The van der Waals surface area contributed by atoms with Gasteiger partial charge in [-0.25, -0.2) is 0 Å². The Balaban J connectivity index is 3.08. The molecule has 0 aromatic heterocycles. The summed E-state index contributed by atoms with van der Waals surface area (Å²) in [6.07, 6.45) is 0. The summed E-state index contributed by atoms with van der Waals surface area (Å²) in [5.41, 5.74) is 1.02. The lowest BCUT2D eigenvalue weighted by molar-refractivity contribution is -0.117. The molecular weight excluding hydrogens is 341 g/mol. The fourth-order valence-corrected chi connectivity index (χ4v) is 2.01. The van der Waals surface area contributed by atoms with E-state index in [0.29, 0.717) is 21.3 Å². The highest BCUT2D eigenvalue weighted by atomic mass is 35.5. The molecule has 1 rings (SSSR count). The summed E-state index contributed by atoms with van der Waals surface area (Å²) in [5, 5.41) is 8.14. The lowest BCUT2D eigenvalue weighted by Gasteiger charge is -2.09. The summed E-state index contributed by atoms with van der Waals surface area (Å²) in [4.78, 5) is 11.3. The Bertz CT molecular complexity index is 501. The Morgan fingerprint density at radius 3 is 2.50 bits per heavy atom. The number of rotatable bonds is 4. The first-order valence-electron chi connectivity index (χ1n) is 4.63. The fraction of sp³-hybridized carbons (Fsp3) is 0.300. The van der Waals surface area contributed by atoms with E-state index in [1.807, 2.05) is 0 Å². The van der Waals surface area contributed by atoms with Gasteiger partial charge in [0.15, 0.2) is 0 Å². The van der Waals surface area contributed by atoms with E-state index in [2.05, 4.69) is 10.2 Å². The first kappa shape index (κ1) is 16.0. The number of carbonyl (C=O) groups is 1. The molecule has 0 aliphatic rings. The highest BCUT2D eigenvalue weighted by Crippen LogP contribution is 2.33. The van der Waals surface area contributed by atoms with E-state index in [1.165, 1.54) is 6.07 Å². The van der Waals surface area contributed by atoms with Crippen molar-refractivity contribution in [1.82, 2.24) is 0 Å². The molecule has 98 valence electrons. The van der Waals surface area contributed by atoms with Crippen molar-refractivity contribution in [3.8, 4) is 0 Å². The predicted molar refractivity (Wildman–Crippen MR) is 75.9 cm³/mol. The Kier molecular flexibility index (Phi) is 5.68. The molecule has 1 aromatic carbocycles. The van der Waals surface area contributed by atoms with Crippen LogP contribution < -0.4 is 0 Å². The SMILES string of the molecule is Cc1c(Cl)cc(Cl)cc1N=NC(Cl)(Cl)C(=O)CCl. The Labute approximate surface area is 129 Å². The Morgan fingerprint density at radius 1 is 1.33 bits per heavy atom. The van der Waals surface area contributed by atoms with Gasteiger partial charge in [0.05, 0.1) is 11.6 Å². The van der Waals surface area contributed by atoms with Gasteiger partial charge in [0.25, 0.3) is 4.46 Å². The van der Waals surface area contributed by atoms with E-state index in [-0.39, 0.29) is 5.88 Å². The summed E-state index contributed by atoms with van der Waals surface area (Å²) in [7, 11) is 0. The third-order valence-electron chi connectivity index (χ3n) is 2.02. The van der Waals surface area contributed by atoms with Gasteiger partial charge in [-0.05, 0) is 24.6 Å².